The maximum Gasteiger partial charge on any atom is 0.237 e. The summed E-state index contributed by atoms with van der Waals surface area (Å²) in [7, 11) is 1.87. The Kier molecular flexibility index (Phi) is 4.49. The van der Waals surface area contributed by atoms with Crippen LogP contribution in [-0.2, 0) is 14.9 Å². The minimum atomic E-state index is -0.487. The second kappa shape index (κ2) is 6.55. The Labute approximate surface area is 137 Å². The molecule has 2 aromatic carbocycles. The molecule has 0 atom stereocenters. The van der Waals surface area contributed by atoms with E-state index in [0.29, 0.717) is 13.2 Å². The van der Waals surface area contributed by atoms with Crippen molar-refractivity contribution in [3.8, 4) is 0 Å². The number of amides is 1. The lowest BCUT2D eigenvalue weighted by Crippen LogP contribution is -2.48. The Morgan fingerprint density at radius 2 is 1.61 bits per heavy atom. The summed E-state index contributed by atoms with van der Waals surface area (Å²) in [6.45, 7) is 3.31. The van der Waals surface area contributed by atoms with E-state index in [1.165, 1.54) is 5.56 Å². The van der Waals surface area contributed by atoms with Gasteiger partial charge in [-0.3, -0.25) is 4.79 Å². The minimum absolute atomic E-state index is 0.149. The highest BCUT2D eigenvalue weighted by atomic mass is 16.5. The summed E-state index contributed by atoms with van der Waals surface area (Å²) >= 11 is 0. The number of carbonyl (C=O) groups excluding carboxylic acids is 1. The van der Waals surface area contributed by atoms with Crippen LogP contribution in [-0.4, -0.2) is 26.2 Å². The van der Waals surface area contributed by atoms with Crippen molar-refractivity contribution in [2.75, 3.05) is 25.2 Å². The summed E-state index contributed by atoms with van der Waals surface area (Å²) in [5.74, 6) is 0.149. The van der Waals surface area contributed by atoms with E-state index in [4.69, 9.17) is 4.74 Å². The SMILES string of the molecule is Cc1ccc(N(C)C(=O)C2(c3ccccc3)CCOCC2)cc1. The van der Waals surface area contributed by atoms with E-state index in [9.17, 15) is 4.79 Å². The number of ether oxygens (including phenoxy) is 1. The Morgan fingerprint density at radius 1 is 1.00 bits per heavy atom. The van der Waals surface area contributed by atoms with Crippen molar-refractivity contribution in [3.63, 3.8) is 0 Å². The molecule has 0 bridgehead atoms. The van der Waals surface area contributed by atoms with Gasteiger partial charge in [-0.1, -0.05) is 48.0 Å². The van der Waals surface area contributed by atoms with Crippen molar-refractivity contribution in [2.24, 2.45) is 0 Å². The quantitative estimate of drug-likeness (QED) is 0.865. The lowest BCUT2D eigenvalue weighted by Gasteiger charge is -2.39. The number of aryl methyl sites for hydroxylation is 1. The van der Waals surface area contributed by atoms with Gasteiger partial charge in [-0.05, 0) is 37.5 Å². The van der Waals surface area contributed by atoms with Crippen LogP contribution in [0.5, 0.6) is 0 Å². The zero-order valence-corrected chi connectivity index (χ0v) is 13.8. The third-order valence-corrected chi connectivity index (χ3v) is 4.81. The fourth-order valence-electron chi connectivity index (χ4n) is 3.31. The van der Waals surface area contributed by atoms with Gasteiger partial charge >= 0.3 is 0 Å². The van der Waals surface area contributed by atoms with E-state index in [1.54, 1.807) is 4.90 Å². The maximum absolute atomic E-state index is 13.4. The van der Waals surface area contributed by atoms with E-state index < -0.39 is 5.41 Å². The van der Waals surface area contributed by atoms with Gasteiger partial charge < -0.3 is 9.64 Å². The van der Waals surface area contributed by atoms with Gasteiger partial charge in [-0.25, -0.2) is 0 Å². The lowest BCUT2D eigenvalue weighted by molar-refractivity contribution is -0.127. The second-order valence-electron chi connectivity index (χ2n) is 6.26. The average Bonchev–Trinajstić information content (AvgIpc) is 2.62. The van der Waals surface area contributed by atoms with Crippen LogP contribution in [0, 0.1) is 6.92 Å². The third kappa shape index (κ3) is 3.02. The topological polar surface area (TPSA) is 29.5 Å². The van der Waals surface area contributed by atoms with E-state index in [1.807, 2.05) is 49.5 Å². The third-order valence-electron chi connectivity index (χ3n) is 4.81. The number of hydrogen-bond acceptors (Lipinski definition) is 2. The summed E-state index contributed by atoms with van der Waals surface area (Å²) in [5.41, 5.74) is 2.73. The zero-order valence-electron chi connectivity index (χ0n) is 13.8. The summed E-state index contributed by atoms with van der Waals surface area (Å²) in [6.07, 6.45) is 1.46. The van der Waals surface area contributed by atoms with Gasteiger partial charge in [0.2, 0.25) is 5.91 Å². The predicted molar refractivity (Wildman–Crippen MR) is 92.8 cm³/mol. The first-order valence-electron chi connectivity index (χ1n) is 8.12. The Bertz CT molecular complexity index is 658. The molecule has 0 unspecified atom stereocenters. The molecule has 0 aromatic heterocycles. The van der Waals surface area contributed by atoms with Crippen LogP contribution in [0.4, 0.5) is 5.69 Å². The highest BCUT2D eigenvalue weighted by molar-refractivity contribution is 6.01. The van der Waals surface area contributed by atoms with Crippen LogP contribution in [0.1, 0.15) is 24.0 Å². The van der Waals surface area contributed by atoms with Gasteiger partial charge in [0.1, 0.15) is 0 Å². The molecule has 1 amide bonds. The number of carbonyl (C=O) groups is 1. The molecule has 1 aliphatic rings. The van der Waals surface area contributed by atoms with Crippen LogP contribution in [0.2, 0.25) is 0 Å². The Morgan fingerprint density at radius 3 is 2.22 bits per heavy atom. The predicted octanol–water partition coefficient (Wildman–Crippen LogP) is 3.71. The number of hydrogen-bond donors (Lipinski definition) is 0. The fourth-order valence-corrected chi connectivity index (χ4v) is 3.31. The Balaban J connectivity index is 1.96. The molecular weight excluding hydrogens is 286 g/mol. The van der Waals surface area contributed by atoms with Crippen LogP contribution in [0.3, 0.4) is 0 Å². The molecular formula is C20H23NO2. The summed E-state index contributed by atoms with van der Waals surface area (Å²) in [6, 6.07) is 18.2. The molecule has 3 nitrogen and oxygen atoms in total. The summed E-state index contributed by atoms with van der Waals surface area (Å²) < 4.78 is 5.53. The number of likely N-dealkylation sites (N-methyl/N-ethyl adjacent to an activating group) is 1. The van der Waals surface area contributed by atoms with E-state index in [2.05, 4.69) is 19.1 Å². The molecule has 1 fully saturated rings. The van der Waals surface area contributed by atoms with Crippen LogP contribution in [0.15, 0.2) is 54.6 Å². The molecule has 0 aliphatic carbocycles. The lowest BCUT2D eigenvalue weighted by atomic mass is 9.73. The van der Waals surface area contributed by atoms with Gasteiger partial charge in [0.25, 0.3) is 0 Å². The first-order valence-corrected chi connectivity index (χ1v) is 8.12. The Hall–Kier alpha value is -2.13. The van der Waals surface area contributed by atoms with Crippen LogP contribution in [0.25, 0.3) is 0 Å². The van der Waals surface area contributed by atoms with Gasteiger partial charge in [0.15, 0.2) is 0 Å². The standard InChI is InChI=1S/C20H23NO2/c1-16-8-10-18(11-9-16)21(2)19(22)20(12-14-23-15-13-20)17-6-4-3-5-7-17/h3-11H,12-15H2,1-2H3. The van der Waals surface area contributed by atoms with Gasteiger partial charge in [-0.2, -0.15) is 0 Å². The second-order valence-corrected chi connectivity index (χ2v) is 6.26. The summed E-state index contributed by atoms with van der Waals surface area (Å²) in [4.78, 5) is 15.2. The summed E-state index contributed by atoms with van der Waals surface area (Å²) in [5, 5.41) is 0. The molecule has 3 heteroatoms. The normalized spacial score (nSPS) is 16.8. The van der Waals surface area contributed by atoms with Crippen LogP contribution >= 0.6 is 0 Å². The van der Waals surface area contributed by atoms with E-state index in [-0.39, 0.29) is 5.91 Å². The first-order chi connectivity index (χ1) is 11.1. The smallest absolute Gasteiger partial charge is 0.237 e. The fraction of sp³-hybridized carbons (Fsp3) is 0.350. The molecule has 1 saturated heterocycles. The minimum Gasteiger partial charge on any atom is -0.381 e. The number of nitrogens with zero attached hydrogens (tertiary/aromatic N) is 1. The van der Waals surface area contributed by atoms with Crippen LogP contribution < -0.4 is 4.90 Å². The number of benzene rings is 2. The molecule has 0 N–H and O–H groups in total. The molecule has 0 radical (unpaired) electrons. The van der Waals surface area contributed by atoms with Gasteiger partial charge in [0, 0.05) is 25.9 Å². The molecule has 1 aliphatic heterocycles. The van der Waals surface area contributed by atoms with Crippen molar-refractivity contribution in [2.45, 2.75) is 25.2 Å². The van der Waals surface area contributed by atoms with Crippen molar-refractivity contribution >= 4 is 11.6 Å². The molecule has 120 valence electrons. The van der Waals surface area contributed by atoms with Crippen molar-refractivity contribution < 1.29 is 9.53 Å². The van der Waals surface area contributed by atoms with Gasteiger partial charge in [-0.15, -0.1) is 0 Å². The molecule has 23 heavy (non-hydrogen) atoms. The highest BCUT2D eigenvalue weighted by Gasteiger charge is 2.43. The maximum atomic E-state index is 13.4. The number of anilines is 1. The molecule has 2 aromatic rings. The monoisotopic (exact) mass is 309 g/mol. The van der Waals surface area contributed by atoms with Crippen molar-refractivity contribution in [1.82, 2.24) is 0 Å². The van der Waals surface area contributed by atoms with E-state index in [0.717, 1.165) is 24.1 Å². The van der Waals surface area contributed by atoms with Gasteiger partial charge in [0.05, 0.1) is 5.41 Å². The van der Waals surface area contributed by atoms with Crippen molar-refractivity contribution in [1.29, 1.82) is 0 Å². The molecule has 1 heterocycles. The molecule has 0 saturated carbocycles. The molecule has 0 spiro atoms. The highest BCUT2D eigenvalue weighted by Crippen LogP contribution is 2.37. The first kappa shape index (κ1) is 15.8. The number of rotatable bonds is 3. The zero-order chi connectivity index (χ0) is 16.3. The average molecular weight is 309 g/mol. The largest absolute Gasteiger partial charge is 0.381 e. The van der Waals surface area contributed by atoms with E-state index >= 15 is 0 Å². The van der Waals surface area contributed by atoms with Crippen molar-refractivity contribution in [3.05, 3.63) is 65.7 Å². The molecule has 3 rings (SSSR count).